The van der Waals surface area contributed by atoms with Crippen molar-refractivity contribution in [3.63, 3.8) is 0 Å². The molecule has 2 N–H and O–H groups in total. The lowest BCUT2D eigenvalue weighted by Crippen LogP contribution is -2.44. The van der Waals surface area contributed by atoms with Gasteiger partial charge in [0.25, 0.3) is 5.91 Å². The zero-order valence-electron chi connectivity index (χ0n) is 17.7. The van der Waals surface area contributed by atoms with Gasteiger partial charge in [-0.15, -0.1) is 0 Å². The third-order valence-electron chi connectivity index (χ3n) is 5.74. The van der Waals surface area contributed by atoms with Crippen LogP contribution in [0.2, 0.25) is 0 Å². The van der Waals surface area contributed by atoms with E-state index in [9.17, 15) is 14.4 Å². The zero-order chi connectivity index (χ0) is 21.0. The highest BCUT2D eigenvalue weighted by atomic mass is 16.2. The van der Waals surface area contributed by atoms with Crippen molar-refractivity contribution in [2.45, 2.75) is 58.4 Å². The van der Waals surface area contributed by atoms with E-state index in [1.54, 1.807) is 6.92 Å². The molecule has 1 aromatic carbocycles. The molecule has 0 spiro atoms. The van der Waals surface area contributed by atoms with E-state index in [4.69, 9.17) is 0 Å². The van der Waals surface area contributed by atoms with Crippen LogP contribution in [0, 0.1) is 5.92 Å². The average Bonchev–Trinajstić information content (AvgIpc) is 2.91. The molecule has 0 radical (unpaired) electrons. The second-order valence-corrected chi connectivity index (χ2v) is 8.73. The van der Waals surface area contributed by atoms with Crippen LogP contribution < -0.4 is 15.5 Å². The second kappa shape index (κ2) is 8.84. The van der Waals surface area contributed by atoms with E-state index in [2.05, 4.69) is 29.4 Å². The summed E-state index contributed by atoms with van der Waals surface area (Å²) in [7, 11) is 0. The van der Waals surface area contributed by atoms with Gasteiger partial charge in [0.1, 0.15) is 12.1 Å². The molecular weight excluding hydrogens is 368 g/mol. The maximum Gasteiger partial charge on any atom is 0.325 e. The van der Waals surface area contributed by atoms with Gasteiger partial charge >= 0.3 is 6.03 Å². The van der Waals surface area contributed by atoms with Crippen LogP contribution in [0.1, 0.15) is 52.9 Å². The van der Waals surface area contributed by atoms with Crippen molar-refractivity contribution >= 4 is 29.2 Å². The van der Waals surface area contributed by atoms with Crippen LogP contribution in [0.25, 0.3) is 0 Å². The predicted molar refractivity (Wildman–Crippen MR) is 114 cm³/mol. The molecule has 0 aromatic heterocycles. The quantitative estimate of drug-likeness (QED) is 0.688. The molecular formula is C22H32N4O3. The number of imide groups is 1. The summed E-state index contributed by atoms with van der Waals surface area (Å²) in [5.74, 6) is -0.284. The Balaban J connectivity index is 1.56. The van der Waals surface area contributed by atoms with Crippen LogP contribution >= 0.6 is 0 Å². The van der Waals surface area contributed by atoms with E-state index in [0.717, 1.165) is 30.1 Å². The van der Waals surface area contributed by atoms with Gasteiger partial charge in [-0.25, -0.2) is 4.79 Å². The summed E-state index contributed by atoms with van der Waals surface area (Å²) in [4.78, 5) is 40.8. The van der Waals surface area contributed by atoms with Crippen molar-refractivity contribution in [3.8, 4) is 0 Å². The van der Waals surface area contributed by atoms with Gasteiger partial charge in [0, 0.05) is 24.5 Å². The number of anilines is 2. The number of piperidine rings is 1. The first kappa shape index (κ1) is 21.1. The molecule has 0 saturated carbocycles. The molecule has 2 aliphatic heterocycles. The number of benzene rings is 1. The van der Waals surface area contributed by atoms with Crippen LogP contribution in [0.5, 0.6) is 0 Å². The first-order valence-electron chi connectivity index (χ1n) is 10.6. The first-order valence-corrected chi connectivity index (χ1v) is 10.6. The molecule has 0 aliphatic carbocycles. The Hall–Kier alpha value is -2.57. The number of amides is 4. The Morgan fingerprint density at radius 1 is 1.14 bits per heavy atom. The fourth-order valence-electron chi connectivity index (χ4n) is 3.89. The van der Waals surface area contributed by atoms with Gasteiger partial charge < -0.3 is 15.5 Å². The molecule has 1 atom stereocenters. The molecule has 2 heterocycles. The Morgan fingerprint density at radius 2 is 1.79 bits per heavy atom. The van der Waals surface area contributed by atoms with Crippen molar-refractivity contribution in [1.82, 2.24) is 10.2 Å². The SMILES string of the molecule is CC(C)CC[C@@]1(C)NC(=O)N(CC(=O)Nc2ccc(N3CCCCC3)cc2)C1=O. The molecule has 2 fully saturated rings. The number of hydrogen-bond acceptors (Lipinski definition) is 4. The minimum Gasteiger partial charge on any atom is -0.372 e. The molecule has 0 bridgehead atoms. The van der Waals surface area contributed by atoms with Crippen molar-refractivity contribution < 1.29 is 14.4 Å². The minimum absolute atomic E-state index is 0.282. The fourth-order valence-corrected chi connectivity index (χ4v) is 3.89. The summed E-state index contributed by atoms with van der Waals surface area (Å²) in [5.41, 5.74) is 0.876. The summed E-state index contributed by atoms with van der Waals surface area (Å²) >= 11 is 0. The Morgan fingerprint density at radius 3 is 2.41 bits per heavy atom. The Bertz CT molecular complexity index is 756. The van der Waals surface area contributed by atoms with Crippen molar-refractivity contribution in [2.75, 3.05) is 29.9 Å². The maximum atomic E-state index is 12.7. The molecule has 4 amide bonds. The maximum absolute atomic E-state index is 12.7. The third-order valence-corrected chi connectivity index (χ3v) is 5.74. The van der Waals surface area contributed by atoms with Gasteiger partial charge in [0.15, 0.2) is 0 Å². The smallest absolute Gasteiger partial charge is 0.325 e. The monoisotopic (exact) mass is 400 g/mol. The second-order valence-electron chi connectivity index (χ2n) is 8.73. The van der Waals surface area contributed by atoms with Crippen LogP contribution in [-0.4, -0.2) is 47.9 Å². The highest BCUT2D eigenvalue weighted by Crippen LogP contribution is 2.25. The van der Waals surface area contributed by atoms with E-state index >= 15 is 0 Å². The predicted octanol–water partition coefficient (Wildman–Crippen LogP) is 3.36. The fraction of sp³-hybridized carbons (Fsp3) is 0.591. The number of nitrogens with zero attached hydrogens (tertiary/aromatic N) is 2. The van der Waals surface area contributed by atoms with Crippen LogP contribution in [0.15, 0.2) is 24.3 Å². The standard InChI is InChI=1S/C22H32N4O3/c1-16(2)11-12-22(3)20(28)26(21(29)24-22)15-19(27)23-17-7-9-18(10-8-17)25-13-5-4-6-14-25/h7-10,16H,4-6,11-15H2,1-3H3,(H,23,27)(H,24,29)/t22-/m1/s1. The number of carbonyl (C=O) groups is 3. The van der Waals surface area contributed by atoms with Gasteiger partial charge in [-0.2, -0.15) is 0 Å². The van der Waals surface area contributed by atoms with Gasteiger partial charge in [-0.1, -0.05) is 13.8 Å². The van der Waals surface area contributed by atoms with Crippen molar-refractivity contribution in [2.24, 2.45) is 5.92 Å². The normalized spacial score (nSPS) is 22.2. The molecule has 29 heavy (non-hydrogen) atoms. The van der Waals surface area contributed by atoms with Crippen LogP contribution in [0.3, 0.4) is 0 Å². The lowest BCUT2D eigenvalue weighted by molar-refractivity contribution is -0.133. The largest absolute Gasteiger partial charge is 0.372 e. The number of nitrogens with one attached hydrogen (secondary N) is 2. The summed E-state index contributed by atoms with van der Waals surface area (Å²) in [6, 6.07) is 7.22. The first-order chi connectivity index (χ1) is 13.8. The summed E-state index contributed by atoms with van der Waals surface area (Å²) in [6.45, 7) is 7.72. The molecule has 7 heteroatoms. The number of rotatable bonds is 7. The van der Waals surface area contributed by atoms with E-state index < -0.39 is 11.6 Å². The molecule has 1 aromatic rings. The summed E-state index contributed by atoms with van der Waals surface area (Å²) in [5, 5.41) is 5.54. The van der Waals surface area contributed by atoms with Crippen LogP contribution in [-0.2, 0) is 9.59 Å². The molecule has 3 rings (SSSR count). The summed E-state index contributed by atoms with van der Waals surface area (Å²) in [6.07, 6.45) is 5.09. The Labute approximate surface area is 172 Å². The van der Waals surface area contributed by atoms with Gasteiger partial charge in [0.05, 0.1) is 0 Å². The number of carbonyl (C=O) groups excluding carboxylic acids is 3. The van der Waals surface area contributed by atoms with E-state index in [-0.39, 0.29) is 18.4 Å². The number of hydrogen-bond donors (Lipinski definition) is 2. The Kier molecular flexibility index (Phi) is 6.45. The lowest BCUT2D eigenvalue weighted by Gasteiger charge is -2.28. The minimum atomic E-state index is -0.933. The molecule has 7 nitrogen and oxygen atoms in total. The van der Waals surface area contributed by atoms with Crippen molar-refractivity contribution in [3.05, 3.63) is 24.3 Å². The van der Waals surface area contributed by atoms with E-state index in [1.165, 1.54) is 19.3 Å². The molecule has 158 valence electrons. The molecule has 2 aliphatic rings. The van der Waals surface area contributed by atoms with Crippen molar-refractivity contribution in [1.29, 1.82) is 0 Å². The highest BCUT2D eigenvalue weighted by Gasteiger charge is 2.47. The van der Waals surface area contributed by atoms with E-state index in [1.807, 2.05) is 24.3 Å². The summed E-state index contributed by atoms with van der Waals surface area (Å²) < 4.78 is 0. The highest BCUT2D eigenvalue weighted by molar-refractivity contribution is 6.09. The van der Waals surface area contributed by atoms with Crippen LogP contribution in [0.4, 0.5) is 16.2 Å². The van der Waals surface area contributed by atoms with E-state index in [0.29, 0.717) is 18.0 Å². The number of urea groups is 1. The average molecular weight is 401 g/mol. The molecule has 0 unspecified atom stereocenters. The van der Waals surface area contributed by atoms with Gasteiger partial charge in [-0.05, 0) is 69.2 Å². The lowest BCUT2D eigenvalue weighted by atomic mass is 9.92. The van der Waals surface area contributed by atoms with Gasteiger partial charge in [-0.3, -0.25) is 14.5 Å². The van der Waals surface area contributed by atoms with Gasteiger partial charge in [0.2, 0.25) is 5.91 Å². The topological polar surface area (TPSA) is 81.8 Å². The molecule has 2 saturated heterocycles. The zero-order valence-corrected chi connectivity index (χ0v) is 17.7. The third kappa shape index (κ3) is 5.08.